The van der Waals surface area contributed by atoms with Crippen molar-refractivity contribution < 1.29 is 9.53 Å². The average Bonchev–Trinajstić information content (AvgIpc) is 2.76. The molecule has 0 bridgehead atoms. The summed E-state index contributed by atoms with van der Waals surface area (Å²) in [6.45, 7) is 3.60. The van der Waals surface area contributed by atoms with Gasteiger partial charge in [-0.1, -0.05) is 36.4 Å². The fraction of sp³-hybridized carbons (Fsp3) is 0.250. The molecule has 0 radical (unpaired) electrons. The summed E-state index contributed by atoms with van der Waals surface area (Å²) >= 11 is 0. The summed E-state index contributed by atoms with van der Waals surface area (Å²) in [5, 5.41) is 3.02. The number of aromatic nitrogens is 1. The van der Waals surface area contributed by atoms with Gasteiger partial charge in [0.1, 0.15) is 5.75 Å². The predicted octanol–water partition coefficient (Wildman–Crippen LogP) is 4.45. The van der Waals surface area contributed by atoms with Gasteiger partial charge in [-0.2, -0.15) is 0 Å². The molecule has 1 N–H and O–H groups in total. The van der Waals surface area contributed by atoms with Crippen molar-refractivity contribution in [2.75, 3.05) is 18.0 Å². The molecular formula is C24H25N3O2. The number of hydrogen-bond donors (Lipinski definition) is 1. The van der Waals surface area contributed by atoms with Gasteiger partial charge in [-0.05, 0) is 49.6 Å². The Labute approximate surface area is 171 Å². The van der Waals surface area contributed by atoms with Crippen LogP contribution < -0.4 is 15.0 Å². The molecule has 5 heteroatoms. The smallest absolute Gasteiger partial charge is 0.251 e. The molecule has 2 heterocycles. The first-order chi connectivity index (χ1) is 14.2. The lowest BCUT2D eigenvalue weighted by Gasteiger charge is -2.37. The maximum absolute atomic E-state index is 12.6. The van der Waals surface area contributed by atoms with Gasteiger partial charge in [0.15, 0.2) is 0 Å². The normalized spacial score (nSPS) is 15.5. The van der Waals surface area contributed by atoms with Crippen LogP contribution in [0.15, 0.2) is 72.9 Å². The van der Waals surface area contributed by atoms with E-state index in [1.165, 1.54) is 11.3 Å². The van der Waals surface area contributed by atoms with E-state index in [0.29, 0.717) is 29.8 Å². The lowest BCUT2D eigenvalue weighted by atomic mass is 9.97. The van der Waals surface area contributed by atoms with Crippen molar-refractivity contribution in [2.24, 2.45) is 0 Å². The third-order valence-electron chi connectivity index (χ3n) is 5.27. The minimum absolute atomic E-state index is 0.122. The predicted molar refractivity (Wildman–Crippen MR) is 115 cm³/mol. The number of nitrogens with zero attached hydrogens (tertiary/aromatic N) is 2. The molecule has 1 aromatic heterocycles. The quantitative estimate of drug-likeness (QED) is 0.679. The maximum atomic E-state index is 12.6. The molecule has 0 saturated heterocycles. The van der Waals surface area contributed by atoms with Crippen LogP contribution in [0.1, 0.15) is 29.3 Å². The number of carbonyl (C=O) groups is 1. The number of fused-ring (bicyclic) bond motifs is 1. The van der Waals surface area contributed by atoms with E-state index in [1.54, 1.807) is 18.3 Å². The third kappa shape index (κ3) is 4.57. The van der Waals surface area contributed by atoms with Crippen LogP contribution in [0.25, 0.3) is 0 Å². The van der Waals surface area contributed by atoms with Gasteiger partial charge in [0.25, 0.3) is 5.91 Å². The Hall–Kier alpha value is -3.34. The summed E-state index contributed by atoms with van der Waals surface area (Å²) in [7, 11) is 0. The Balaban J connectivity index is 1.36. The van der Waals surface area contributed by atoms with Crippen molar-refractivity contribution >= 4 is 11.6 Å². The molecule has 5 nitrogen and oxygen atoms in total. The van der Waals surface area contributed by atoms with Crippen LogP contribution in [0.4, 0.5) is 5.69 Å². The van der Waals surface area contributed by atoms with Crippen molar-refractivity contribution in [3.05, 3.63) is 84.1 Å². The second kappa shape index (κ2) is 8.78. The first-order valence-corrected chi connectivity index (χ1v) is 10.0. The molecule has 2 aromatic carbocycles. The SMILES string of the molecule is CC1CCc2ccccc2N1CCNC(=O)c1ccnc(Oc2ccccc2)c1. The highest BCUT2D eigenvalue weighted by Gasteiger charge is 2.22. The van der Waals surface area contributed by atoms with Gasteiger partial charge in [0.05, 0.1) is 0 Å². The van der Waals surface area contributed by atoms with E-state index in [0.717, 1.165) is 19.4 Å². The highest BCUT2D eigenvalue weighted by molar-refractivity contribution is 5.94. The highest BCUT2D eigenvalue weighted by Crippen LogP contribution is 2.29. The van der Waals surface area contributed by atoms with Crippen LogP contribution >= 0.6 is 0 Å². The van der Waals surface area contributed by atoms with Crippen molar-refractivity contribution in [3.8, 4) is 11.6 Å². The minimum Gasteiger partial charge on any atom is -0.439 e. The molecule has 1 amide bonds. The van der Waals surface area contributed by atoms with E-state index >= 15 is 0 Å². The van der Waals surface area contributed by atoms with E-state index in [2.05, 4.69) is 46.4 Å². The minimum atomic E-state index is -0.122. The van der Waals surface area contributed by atoms with E-state index < -0.39 is 0 Å². The molecule has 0 spiro atoms. The number of hydrogen-bond acceptors (Lipinski definition) is 4. The molecule has 148 valence electrons. The van der Waals surface area contributed by atoms with Crippen LogP contribution in [-0.4, -0.2) is 30.0 Å². The monoisotopic (exact) mass is 387 g/mol. The maximum Gasteiger partial charge on any atom is 0.251 e. The van der Waals surface area contributed by atoms with Crippen LogP contribution in [0.3, 0.4) is 0 Å². The fourth-order valence-electron chi connectivity index (χ4n) is 3.71. The van der Waals surface area contributed by atoms with Gasteiger partial charge >= 0.3 is 0 Å². The number of para-hydroxylation sites is 2. The summed E-state index contributed by atoms with van der Waals surface area (Å²) in [6.07, 6.45) is 3.84. The molecular weight excluding hydrogens is 362 g/mol. The van der Waals surface area contributed by atoms with Crippen molar-refractivity contribution in [3.63, 3.8) is 0 Å². The molecule has 0 saturated carbocycles. The van der Waals surface area contributed by atoms with E-state index in [4.69, 9.17) is 4.74 Å². The summed E-state index contributed by atoms with van der Waals surface area (Å²) in [6, 6.07) is 21.8. The number of carbonyl (C=O) groups excluding carboxylic acids is 1. The van der Waals surface area contributed by atoms with Crippen molar-refractivity contribution in [1.82, 2.24) is 10.3 Å². The Morgan fingerprint density at radius 1 is 1.14 bits per heavy atom. The number of nitrogens with one attached hydrogen (secondary N) is 1. The number of aryl methyl sites for hydroxylation is 1. The van der Waals surface area contributed by atoms with Crippen LogP contribution in [0.2, 0.25) is 0 Å². The number of ether oxygens (including phenoxy) is 1. The molecule has 1 atom stereocenters. The summed E-state index contributed by atoms with van der Waals surface area (Å²) in [4.78, 5) is 19.2. The molecule has 4 rings (SSSR count). The lowest BCUT2D eigenvalue weighted by Crippen LogP contribution is -2.42. The van der Waals surface area contributed by atoms with Gasteiger partial charge < -0.3 is 15.0 Å². The van der Waals surface area contributed by atoms with Gasteiger partial charge in [-0.15, -0.1) is 0 Å². The summed E-state index contributed by atoms with van der Waals surface area (Å²) in [5.74, 6) is 0.973. The van der Waals surface area contributed by atoms with Gasteiger partial charge in [0, 0.05) is 42.6 Å². The fourth-order valence-corrected chi connectivity index (χ4v) is 3.71. The van der Waals surface area contributed by atoms with Crippen LogP contribution in [-0.2, 0) is 6.42 Å². The lowest BCUT2D eigenvalue weighted by molar-refractivity contribution is 0.0954. The average molecular weight is 387 g/mol. The van der Waals surface area contributed by atoms with Gasteiger partial charge in [-0.25, -0.2) is 4.98 Å². The molecule has 1 unspecified atom stereocenters. The number of pyridine rings is 1. The van der Waals surface area contributed by atoms with Gasteiger partial charge in [0.2, 0.25) is 5.88 Å². The van der Waals surface area contributed by atoms with Crippen molar-refractivity contribution in [2.45, 2.75) is 25.8 Å². The Bertz CT molecular complexity index is 975. The number of anilines is 1. The standard InChI is InChI=1S/C24H25N3O2/c1-18-11-12-19-7-5-6-10-22(19)27(18)16-15-26-24(28)20-13-14-25-23(17-20)29-21-8-3-2-4-9-21/h2-10,13-14,17-18H,11-12,15-16H2,1H3,(H,26,28). The van der Waals surface area contributed by atoms with Crippen LogP contribution in [0, 0.1) is 0 Å². The zero-order valence-corrected chi connectivity index (χ0v) is 16.5. The van der Waals surface area contributed by atoms with E-state index in [1.807, 2.05) is 30.3 Å². The van der Waals surface area contributed by atoms with E-state index in [-0.39, 0.29) is 5.91 Å². The Morgan fingerprint density at radius 2 is 1.93 bits per heavy atom. The van der Waals surface area contributed by atoms with Crippen LogP contribution in [0.5, 0.6) is 11.6 Å². The second-order valence-corrected chi connectivity index (χ2v) is 7.26. The molecule has 0 aliphatic carbocycles. The number of benzene rings is 2. The Kier molecular flexibility index (Phi) is 5.75. The zero-order chi connectivity index (χ0) is 20.1. The Morgan fingerprint density at radius 3 is 2.79 bits per heavy atom. The third-order valence-corrected chi connectivity index (χ3v) is 5.27. The highest BCUT2D eigenvalue weighted by atomic mass is 16.5. The number of amides is 1. The zero-order valence-electron chi connectivity index (χ0n) is 16.5. The topological polar surface area (TPSA) is 54.5 Å². The molecule has 1 aliphatic heterocycles. The van der Waals surface area contributed by atoms with E-state index in [9.17, 15) is 4.79 Å². The van der Waals surface area contributed by atoms with Crippen molar-refractivity contribution in [1.29, 1.82) is 0 Å². The largest absolute Gasteiger partial charge is 0.439 e. The molecule has 1 aliphatic rings. The molecule has 3 aromatic rings. The van der Waals surface area contributed by atoms with Gasteiger partial charge in [-0.3, -0.25) is 4.79 Å². The molecule has 29 heavy (non-hydrogen) atoms. The summed E-state index contributed by atoms with van der Waals surface area (Å²) < 4.78 is 5.72. The first-order valence-electron chi connectivity index (χ1n) is 10.0. The number of rotatable bonds is 6. The summed E-state index contributed by atoms with van der Waals surface area (Å²) in [5.41, 5.74) is 3.20. The first kappa shape index (κ1) is 19.0. The molecule has 0 fully saturated rings. The second-order valence-electron chi connectivity index (χ2n) is 7.26.